The first-order valence-electron chi connectivity index (χ1n) is 7.42. The summed E-state index contributed by atoms with van der Waals surface area (Å²) in [5, 5.41) is 0. The molecule has 1 aliphatic heterocycles. The van der Waals surface area contributed by atoms with E-state index < -0.39 is 18.3 Å². The van der Waals surface area contributed by atoms with Crippen molar-refractivity contribution in [3.63, 3.8) is 0 Å². The molecule has 1 aromatic rings. The maximum absolute atomic E-state index is 14.4. The van der Waals surface area contributed by atoms with Gasteiger partial charge >= 0.3 is 7.12 Å². The van der Waals surface area contributed by atoms with Gasteiger partial charge in [0.2, 0.25) is 0 Å². The van der Waals surface area contributed by atoms with Crippen molar-refractivity contribution in [2.45, 2.75) is 58.7 Å². The molecule has 4 heteroatoms. The van der Waals surface area contributed by atoms with E-state index in [0.717, 1.165) is 5.56 Å². The fraction of sp³-hybridized carbons (Fsp3) is 0.529. The molecule has 21 heavy (non-hydrogen) atoms. The first kappa shape index (κ1) is 16.2. The van der Waals surface area contributed by atoms with Crippen LogP contribution >= 0.6 is 0 Å². The van der Waals surface area contributed by atoms with Gasteiger partial charge in [0.25, 0.3) is 0 Å². The molecule has 0 amide bonds. The van der Waals surface area contributed by atoms with E-state index in [0.29, 0.717) is 0 Å². The van der Waals surface area contributed by atoms with Crippen molar-refractivity contribution in [2.75, 3.05) is 0 Å². The Morgan fingerprint density at radius 3 is 2.05 bits per heavy atom. The van der Waals surface area contributed by atoms with Crippen LogP contribution in [-0.4, -0.2) is 18.3 Å². The highest BCUT2D eigenvalue weighted by Crippen LogP contribution is 2.39. The van der Waals surface area contributed by atoms with Crippen LogP contribution in [0.1, 0.15) is 51.7 Å². The zero-order valence-electron chi connectivity index (χ0n) is 13.7. The lowest BCUT2D eigenvalue weighted by Gasteiger charge is -2.32. The smallest absolute Gasteiger partial charge is 0.398 e. The maximum atomic E-state index is 14.4. The summed E-state index contributed by atoms with van der Waals surface area (Å²) in [6.45, 7) is 11.7. The monoisotopic (exact) mass is 290 g/mol. The molecule has 1 saturated heterocycles. The molecular weight excluding hydrogens is 266 g/mol. The summed E-state index contributed by atoms with van der Waals surface area (Å²) in [5.41, 5.74) is 0.877. The van der Waals surface area contributed by atoms with Crippen LogP contribution in [-0.2, 0) is 9.31 Å². The lowest BCUT2D eigenvalue weighted by atomic mass is 9.85. The van der Waals surface area contributed by atoms with Crippen molar-refractivity contribution in [3.8, 4) is 0 Å². The fourth-order valence-corrected chi connectivity index (χ4v) is 2.24. The minimum absolute atomic E-state index is 0.0235. The van der Waals surface area contributed by atoms with Gasteiger partial charge in [-0.2, -0.15) is 0 Å². The van der Waals surface area contributed by atoms with Crippen molar-refractivity contribution in [3.05, 3.63) is 47.2 Å². The van der Waals surface area contributed by atoms with Crippen molar-refractivity contribution in [1.82, 2.24) is 0 Å². The van der Waals surface area contributed by atoms with Gasteiger partial charge < -0.3 is 9.31 Å². The number of allylic oxidation sites excluding steroid dienone is 1. The van der Waals surface area contributed by atoms with Crippen molar-refractivity contribution < 1.29 is 13.7 Å². The molecule has 0 spiro atoms. The Morgan fingerprint density at radius 1 is 1.10 bits per heavy atom. The van der Waals surface area contributed by atoms with Crippen LogP contribution in [0.4, 0.5) is 4.39 Å². The molecule has 0 N–H and O–H groups in total. The molecule has 114 valence electrons. The number of hydrogen-bond donors (Lipinski definition) is 0. The summed E-state index contributed by atoms with van der Waals surface area (Å²) in [7, 11) is -0.914. The second-order valence-corrected chi connectivity index (χ2v) is 6.84. The molecule has 1 aliphatic rings. The number of benzene rings is 1. The minimum atomic E-state index is -0.914. The van der Waals surface area contributed by atoms with Gasteiger partial charge in [-0.25, -0.2) is 4.39 Å². The molecule has 1 fully saturated rings. The lowest BCUT2D eigenvalue weighted by Crippen LogP contribution is -2.41. The van der Waals surface area contributed by atoms with Gasteiger partial charge in [0.15, 0.2) is 0 Å². The molecule has 1 heterocycles. The van der Waals surface area contributed by atoms with E-state index in [2.05, 4.69) is 0 Å². The molecule has 0 bridgehead atoms. The number of hydrogen-bond acceptors (Lipinski definition) is 2. The lowest BCUT2D eigenvalue weighted by molar-refractivity contribution is 0.00578. The highest BCUT2D eigenvalue weighted by atomic mass is 19.1. The molecule has 1 unspecified atom stereocenters. The van der Waals surface area contributed by atoms with E-state index in [-0.39, 0.29) is 11.6 Å². The van der Waals surface area contributed by atoms with E-state index in [1.807, 2.05) is 65.8 Å². The zero-order valence-corrected chi connectivity index (χ0v) is 13.7. The number of rotatable bonds is 3. The molecule has 0 aliphatic carbocycles. The van der Waals surface area contributed by atoms with Crippen molar-refractivity contribution in [2.24, 2.45) is 0 Å². The normalized spacial score (nSPS) is 22.4. The van der Waals surface area contributed by atoms with E-state index in [4.69, 9.17) is 9.31 Å². The van der Waals surface area contributed by atoms with Crippen LogP contribution in [0.2, 0.25) is 0 Å². The maximum Gasteiger partial charge on any atom is 0.524 e. The topological polar surface area (TPSA) is 18.5 Å². The molecule has 0 radical (unpaired) electrons. The standard InChI is InChI=1S/C17H24BFO2/c1-12-7-9-14(10-8-12)13(2)11-15(19)18-20-16(3,4)17(5,6)21-18/h7-11,13H,1-6H3. The average molecular weight is 290 g/mol. The summed E-state index contributed by atoms with van der Waals surface area (Å²) in [6, 6.07) is 8.11. The Balaban J connectivity index is 2.13. The van der Waals surface area contributed by atoms with Crippen molar-refractivity contribution in [1.29, 1.82) is 0 Å². The predicted molar refractivity (Wildman–Crippen MR) is 84.9 cm³/mol. The average Bonchev–Trinajstić information content (AvgIpc) is 2.59. The van der Waals surface area contributed by atoms with E-state index in [9.17, 15) is 4.39 Å². The third-order valence-electron chi connectivity index (χ3n) is 4.49. The molecular formula is C17H24BFO2. The second-order valence-electron chi connectivity index (χ2n) is 6.84. The Hall–Kier alpha value is -1.13. The highest BCUT2D eigenvalue weighted by Gasteiger charge is 2.53. The summed E-state index contributed by atoms with van der Waals surface area (Å²) in [5.74, 6) is -0.0235. The van der Waals surface area contributed by atoms with E-state index >= 15 is 0 Å². The number of aryl methyl sites for hydroxylation is 1. The van der Waals surface area contributed by atoms with Gasteiger partial charge in [-0.1, -0.05) is 36.8 Å². The Kier molecular flexibility index (Phi) is 4.32. The van der Waals surface area contributed by atoms with Crippen molar-refractivity contribution >= 4 is 7.12 Å². The molecule has 2 nitrogen and oxygen atoms in total. The zero-order chi connectivity index (χ0) is 15.8. The van der Waals surface area contributed by atoms with E-state index in [1.165, 1.54) is 5.56 Å². The molecule has 1 atom stereocenters. The SMILES string of the molecule is Cc1ccc(C(C)C=C(F)B2OC(C)(C)C(C)(C)O2)cc1. The second kappa shape index (κ2) is 5.58. The number of halogens is 1. The van der Waals surface area contributed by atoms with Crippen LogP contribution < -0.4 is 0 Å². The van der Waals surface area contributed by atoms with Crippen LogP contribution in [0.3, 0.4) is 0 Å². The summed E-state index contributed by atoms with van der Waals surface area (Å²) < 4.78 is 25.9. The predicted octanol–water partition coefficient (Wildman–Crippen LogP) is 4.58. The van der Waals surface area contributed by atoms with E-state index in [1.54, 1.807) is 6.08 Å². The van der Waals surface area contributed by atoms with Gasteiger partial charge in [-0.15, -0.1) is 0 Å². The quantitative estimate of drug-likeness (QED) is 0.758. The van der Waals surface area contributed by atoms with Gasteiger partial charge in [0, 0.05) is 5.92 Å². The Labute approximate surface area is 127 Å². The van der Waals surface area contributed by atoms with Gasteiger partial charge in [-0.05, 0) is 46.3 Å². The largest absolute Gasteiger partial charge is 0.524 e. The third kappa shape index (κ3) is 3.38. The van der Waals surface area contributed by atoms with Crippen LogP contribution in [0, 0.1) is 6.92 Å². The van der Waals surface area contributed by atoms with Crippen LogP contribution in [0.25, 0.3) is 0 Å². The molecule has 0 saturated carbocycles. The Bertz CT molecular complexity index is 518. The van der Waals surface area contributed by atoms with Crippen LogP contribution in [0.15, 0.2) is 36.1 Å². The summed E-state index contributed by atoms with van der Waals surface area (Å²) in [6.07, 6.45) is 1.58. The highest BCUT2D eigenvalue weighted by molar-refractivity contribution is 6.53. The van der Waals surface area contributed by atoms with Crippen LogP contribution in [0.5, 0.6) is 0 Å². The van der Waals surface area contributed by atoms with Gasteiger partial charge in [0.1, 0.15) is 5.73 Å². The first-order valence-corrected chi connectivity index (χ1v) is 7.42. The fourth-order valence-electron chi connectivity index (χ4n) is 2.24. The summed E-state index contributed by atoms with van der Waals surface area (Å²) in [4.78, 5) is 0. The minimum Gasteiger partial charge on any atom is -0.398 e. The first-order chi connectivity index (χ1) is 9.62. The third-order valence-corrected chi connectivity index (χ3v) is 4.49. The Morgan fingerprint density at radius 2 is 1.57 bits per heavy atom. The summed E-state index contributed by atoms with van der Waals surface area (Å²) >= 11 is 0. The van der Waals surface area contributed by atoms with Gasteiger partial charge in [-0.3, -0.25) is 0 Å². The molecule has 1 aromatic carbocycles. The van der Waals surface area contributed by atoms with Gasteiger partial charge in [0.05, 0.1) is 11.2 Å². The molecule has 0 aromatic heterocycles. The molecule has 2 rings (SSSR count).